The van der Waals surface area contributed by atoms with Gasteiger partial charge in [0.2, 0.25) is 11.8 Å². The lowest BCUT2D eigenvalue weighted by Crippen LogP contribution is -2.42. The third-order valence-corrected chi connectivity index (χ3v) is 4.78. The highest BCUT2D eigenvalue weighted by molar-refractivity contribution is 5.83. The zero-order valence-electron chi connectivity index (χ0n) is 15.9. The zero-order valence-corrected chi connectivity index (χ0v) is 15.9. The Kier molecular flexibility index (Phi) is 6.29. The first-order valence-corrected chi connectivity index (χ1v) is 9.45. The van der Waals surface area contributed by atoms with Crippen LogP contribution in [0.4, 0.5) is 0 Å². The van der Waals surface area contributed by atoms with Crippen molar-refractivity contribution in [3.05, 3.63) is 59.5 Å². The number of nitrogens with one attached hydrogen (secondary N) is 2. The van der Waals surface area contributed by atoms with Crippen LogP contribution in [-0.2, 0) is 22.6 Å². The monoisotopic (exact) mass is 369 g/mol. The smallest absolute Gasteiger partial charge is 0.237 e. The number of rotatable bonds is 7. The summed E-state index contributed by atoms with van der Waals surface area (Å²) in [6.07, 6.45) is 0.951. The van der Waals surface area contributed by atoms with Crippen molar-refractivity contribution in [3.63, 3.8) is 0 Å². The largest absolute Gasteiger partial charge is 0.465 e. The van der Waals surface area contributed by atoms with Gasteiger partial charge in [-0.3, -0.25) is 14.5 Å². The SMILES string of the molecule is CCNC(=O)[C@@H]1C[C@@H](NC(=O)Cc2ccccc2)CN1Cc1ccc(C)o1. The molecule has 6 nitrogen and oxygen atoms in total. The van der Waals surface area contributed by atoms with Crippen LogP contribution in [0.5, 0.6) is 0 Å². The maximum atomic E-state index is 12.5. The Bertz CT molecular complexity index is 772. The summed E-state index contributed by atoms with van der Waals surface area (Å²) in [5.74, 6) is 1.67. The van der Waals surface area contributed by atoms with Gasteiger partial charge in [0.15, 0.2) is 0 Å². The normalized spacial score (nSPS) is 19.8. The number of hydrogen-bond acceptors (Lipinski definition) is 4. The lowest BCUT2D eigenvalue weighted by Gasteiger charge is -2.22. The summed E-state index contributed by atoms with van der Waals surface area (Å²) in [5, 5.41) is 5.98. The lowest BCUT2D eigenvalue weighted by atomic mass is 10.1. The van der Waals surface area contributed by atoms with E-state index < -0.39 is 0 Å². The molecule has 144 valence electrons. The molecule has 2 atom stereocenters. The molecule has 0 radical (unpaired) electrons. The van der Waals surface area contributed by atoms with Gasteiger partial charge >= 0.3 is 0 Å². The van der Waals surface area contributed by atoms with Crippen molar-refractivity contribution in [3.8, 4) is 0 Å². The van der Waals surface area contributed by atoms with Gasteiger partial charge < -0.3 is 15.1 Å². The first kappa shape index (κ1) is 19.2. The summed E-state index contributed by atoms with van der Waals surface area (Å²) in [6, 6.07) is 13.2. The van der Waals surface area contributed by atoms with E-state index in [2.05, 4.69) is 15.5 Å². The Hall–Kier alpha value is -2.60. The van der Waals surface area contributed by atoms with E-state index in [1.54, 1.807) is 0 Å². The number of furan rings is 1. The van der Waals surface area contributed by atoms with Crippen LogP contribution in [0.1, 0.15) is 30.4 Å². The highest BCUT2D eigenvalue weighted by Crippen LogP contribution is 2.22. The maximum absolute atomic E-state index is 12.5. The van der Waals surface area contributed by atoms with Crippen molar-refractivity contribution < 1.29 is 14.0 Å². The van der Waals surface area contributed by atoms with Crippen LogP contribution < -0.4 is 10.6 Å². The van der Waals surface area contributed by atoms with Crippen LogP contribution in [0, 0.1) is 6.92 Å². The molecule has 1 fully saturated rings. The molecule has 2 amide bonds. The zero-order chi connectivity index (χ0) is 19.2. The third-order valence-electron chi connectivity index (χ3n) is 4.78. The molecule has 1 aliphatic heterocycles. The third kappa shape index (κ3) is 5.20. The highest BCUT2D eigenvalue weighted by atomic mass is 16.3. The number of likely N-dealkylation sites (N-methyl/N-ethyl adjacent to an activating group) is 1. The van der Waals surface area contributed by atoms with E-state index in [-0.39, 0.29) is 23.9 Å². The molecule has 27 heavy (non-hydrogen) atoms. The Morgan fingerprint density at radius 1 is 1.19 bits per heavy atom. The van der Waals surface area contributed by atoms with Crippen molar-refractivity contribution >= 4 is 11.8 Å². The van der Waals surface area contributed by atoms with Gasteiger partial charge in [0.05, 0.1) is 19.0 Å². The van der Waals surface area contributed by atoms with E-state index in [1.807, 2.05) is 56.3 Å². The highest BCUT2D eigenvalue weighted by Gasteiger charge is 2.37. The summed E-state index contributed by atoms with van der Waals surface area (Å²) < 4.78 is 5.67. The van der Waals surface area contributed by atoms with Gasteiger partial charge in [-0.2, -0.15) is 0 Å². The fourth-order valence-electron chi connectivity index (χ4n) is 3.58. The summed E-state index contributed by atoms with van der Waals surface area (Å²) in [7, 11) is 0. The minimum atomic E-state index is -0.266. The first-order chi connectivity index (χ1) is 13.0. The molecule has 3 rings (SSSR count). The number of carbonyl (C=O) groups excluding carboxylic acids is 2. The fourth-order valence-corrected chi connectivity index (χ4v) is 3.58. The second kappa shape index (κ2) is 8.86. The molecular weight excluding hydrogens is 342 g/mol. The van der Waals surface area contributed by atoms with Gasteiger partial charge in [0.25, 0.3) is 0 Å². The van der Waals surface area contributed by atoms with Crippen LogP contribution in [-0.4, -0.2) is 41.9 Å². The van der Waals surface area contributed by atoms with E-state index >= 15 is 0 Å². The molecule has 2 aromatic rings. The van der Waals surface area contributed by atoms with Crippen molar-refractivity contribution in [2.45, 2.75) is 45.3 Å². The predicted molar refractivity (Wildman–Crippen MR) is 103 cm³/mol. The molecule has 1 aromatic heterocycles. The summed E-state index contributed by atoms with van der Waals surface area (Å²) in [6.45, 7) is 5.59. The van der Waals surface area contributed by atoms with E-state index in [9.17, 15) is 9.59 Å². The number of nitrogens with zero attached hydrogens (tertiary/aromatic N) is 1. The summed E-state index contributed by atoms with van der Waals surface area (Å²) >= 11 is 0. The van der Waals surface area contributed by atoms with Crippen LogP contribution >= 0.6 is 0 Å². The summed E-state index contributed by atoms with van der Waals surface area (Å²) in [4.78, 5) is 26.9. The molecular formula is C21H27N3O3. The fraction of sp³-hybridized carbons (Fsp3) is 0.429. The van der Waals surface area contributed by atoms with Gasteiger partial charge in [0.1, 0.15) is 11.5 Å². The molecule has 1 saturated heterocycles. The van der Waals surface area contributed by atoms with Crippen LogP contribution in [0.15, 0.2) is 46.9 Å². The molecule has 2 heterocycles. The van der Waals surface area contributed by atoms with Gasteiger partial charge in [-0.15, -0.1) is 0 Å². The second-order valence-corrected chi connectivity index (χ2v) is 7.01. The first-order valence-electron chi connectivity index (χ1n) is 9.45. The summed E-state index contributed by atoms with van der Waals surface area (Å²) in [5.41, 5.74) is 0.983. The Balaban J connectivity index is 1.62. The number of carbonyl (C=O) groups is 2. The maximum Gasteiger partial charge on any atom is 0.237 e. The average molecular weight is 369 g/mol. The quantitative estimate of drug-likeness (QED) is 0.783. The molecule has 1 aliphatic rings. The van der Waals surface area contributed by atoms with Gasteiger partial charge in [-0.1, -0.05) is 30.3 Å². The molecule has 6 heteroatoms. The van der Waals surface area contributed by atoms with E-state index in [0.29, 0.717) is 32.5 Å². The predicted octanol–water partition coefficient (Wildman–Crippen LogP) is 2.03. The molecule has 0 aliphatic carbocycles. The van der Waals surface area contributed by atoms with Crippen molar-refractivity contribution in [1.29, 1.82) is 0 Å². The number of hydrogen-bond donors (Lipinski definition) is 2. The van der Waals surface area contributed by atoms with Gasteiger partial charge in [-0.05, 0) is 38.0 Å². The molecule has 0 unspecified atom stereocenters. The topological polar surface area (TPSA) is 74.6 Å². The minimum Gasteiger partial charge on any atom is -0.465 e. The molecule has 0 spiro atoms. The molecule has 0 saturated carbocycles. The standard InChI is InChI=1S/C21H27N3O3/c1-3-22-21(26)19-12-17(13-24(19)14-18-10-9-15(2)27-18)23-20(25)11-16-7-5-4-6-8-16/h4-10,17,19H,3,11-14H2,1-2H3,(H,22,26)(H,23,25)/t17-,19+/m1/s1. The van der Waals surface area contributed by atoms with E-state index in [1.165, 1.54) is 0 Å². The van der Waals surface area contributed by atoms with Crippen LogP contribution in [0.3, 0.4) is 0 Å². The number of benzene rings is 1. The van der Waals surface area contributed by atoms with Gasteiger partial charge in [-0.25, -0.2) is 0 Å². The van der Waals surface area contributed by atoms with E-state index in [4.69, 9.17) is 4.42 Å². The van der Waals surface area contributed by atoms with Crippen molar-refractivity contribution in [2.75, 3.05) is 13.1 Å². The van der Waals surface area contributed by atoms with Crippen molar-refractivity contribution in [1.82, 2.24) is 15.5 Å². The molecule has 2 N–H and O–H groups in total. The number of likely N-dealkylation sites (tertiary alicyclic amines) is 1. The van der Waals surface area contributed by atoms with E-state index in [0.717, 1.165) is 17.1 Å². The number of aryl methyl sites for hydroxylation is 1. The Labute approximate surface area is 159 Å². The van der Waals surface area contributed by atoms with Crippen LogP contribution in [0.25, 0.3) is 0 Å². The Morgan fingerprint density at radius 2 is 1.96 bits per heavy atom. The van der Waals surface area contributed by atoms with Crippen LogP contribution in [0.2, 0.25) is 0 Å². The Morgan fingerprint density at radius 3 is 2.63 bits per heavy atom. The molecule has 1 aromatic carbocycles. The second-order valence-electron chi connectivity index (χ2n) is 7.01. The lowest BCUT2D eigenvalue weighted by molar-refractivity contribution is -0.125. The van der Waals surface area contributed by atoms with Gasteiger partial charge in [0, 0.05) is 19.1 Å². The molecule has 0 bridgehead atoms. The average Bonchev–Trinajstić information content (AvgIpc) is 3.22. The minimum absolute atomic E-state index is 0.000543. The van der Waals surface area contributed by atoms with Crippen molar-refractivity contribution in [2.24, 2.45) is 0 Å². The number of amides is 2.